The van der Waals surface area contributed by atoms with Gasteiger partial charge < -0.3 is 5.11 Å². The quantitative estimate of drug-likeness (QED) is 0.472. The Hall–Kier alpha value is -0.720. The van der Waals surface area contributed by atoms with Gasteiger partial charge in [-0.1, -0.05) is 68.9 Å². The van der Waals surface area contributed by atoms with Gasteiger partial charge in [0.15, 0.2) is 0 Å². The predicted molar refractivity (Wildman–Crippen MR) is 79.3 cm³/mol. The molecule has 17 heavy (non-hydrogen) atoms. The number of rotatable bonds is 2. The zero-order valence-electron chi connectivity index (χ0n) is 13.4. The van der Waals surface area contributed by atoms with E-state index in [1.807, 2.05) is 13.8 Å². The van der Waals surface area contributed by atoms with Gasteiger partial charge in [-0.05, 0) is 28.4 Å². The minimum atomic E-state index is -0.0737. The molecule has 0 aliphatic rings. The molecule has 0 spiro atoms. The molecule has 0 saturated heterocycles. The molecule has 0 fully saturated rings. The van der Waals surface area contributed by atoms with E-state index < -0.39 is 0 Å². The topological polar surface area (TPSA) is 20.2 Å². The highest BCUT2D eigenvalue weighted by molar-refractivity contribution is 5.33. The Morgan fingerprint density at radius 2 is 1.29 bits per heavy atom. The van der Waals surface area contributed by atoms with Crippen LogP contribution in [0.2, 0.25) is 0 Å². The third kappa shape index (κ3) is 5.95. The number of hydrogen-bond acceptors (Lipinski definition) is 1. The van der Waals surface area contributed by atoms with Crippen LogP contribution < -0.4 is 0 Å². The van der Waals surface area contributed by atoms with Gasteiger partial charge in [-0.2, -0.15) is 0 Å². The van der Waals surface area contributed by atoms with Crippen LogP contribution in [0, 0.1) is 10.8 Å². The van der Waals surface area contributed by atoms with Gasteiger partial charge in [-0.15, -0.1) is 0 Å². The fourth-order valence-corrected chi connectivity index (χ4v) is 1.59. The summed E-state index contributed by atoms with van der Waals surface area (Å²) in [4.78, 5) is 0. The van der Waals surface area contributed by atoms with Crippen LogP contribution >= 0.6 is 0 Å². The lowest BCUT2D eigenvalue weighted by Crippen LogP contribution is -2.17. The molecule has 0 atom stereocenters. The maximum atomic E-state index is 10.2. The van der Waals surface area contributed by atoms with E-state index in [1.54, 1.807) is 0 Å². The van der Waals surface area contributed by atoms with Gasteiger partial charge in [0.1, 0.15) is 5.76 Å². The van der Waals surface area contributed by atoms with Crippen LogP contribution in [0.25, 0.3) is 0 Å². The van der Waals surface area contributed by atoms with E-state index in [2.05, 4.69) is 55.0 Å². The monoisotopic (exact) mass is 240 g/mol. The molecule has 0 aromatic rings. The summed E-state index contributed by atoms with van der Waals surface area (Å²) in [6.07, 6.45) is 0.866. The highest BCUT2D eigenvalue weighted by atomic mass is 16.3. The maximum Gasteiger partial charge on any atom is 0.118 e. The highest BCUT2D eigenvalue weighted by Crippen LogP contribution is 2.36. The minimum absolute atomic E-state index is 0.00697. The van der Waals surface area contributed by atoms with Crippen LogP contribution in [-0.2, 0) is 0 Å². The Kier molecular flexibility index (Phi) is 7.54. The van der Waals surface area contributed by atoms with Crippen LogP contribution in [0.5, 0.6) is 0 Å². The molecule has 0 aromatic heterocycles. The van der Waals surface area contributed by atoms with Crippen LogP contribution in [0.15, 0.2) is 23.5 Å². The molecule has 0 aliphatic carbocycles. The number of hydrogen-bond donors (Lipinski definition) is 1. The molecule has 0 aromatic carbocycles. The molecule has 1 heteroatoms. The molecular formula is C16H32O. The van der Waals surface area contributed by atoms with Crippen molar-refractivity contribution in [1.82, 2.24) is 0 Å². The molecule has 0 saturated carbocycles. The lowest BCUT2D eigenvalue weighted by atomic mass is 9.78. The molecule has 0 heterocycles. The van der Waals surface area contributed by atoms with Gasteiger partial charge >= 0.3 is 0 Å². The minimum Gasteiger partial charge on any atom is -0.508 e. The predicted octanol–water partition coefficient (Wildman–Crippen LogP) is 5.88. The summed E-state index contributed by atoms with van der Waals surface area (Å²) < 4.78 is 0. The first-order valence-corrected chi connectivity index (χ1v) is 6.64. The van der Waals surface area contributed by atoms with E-state index in [-0.39, 0.29) is 10.8 Å². The molecule has 102 valence electrons. The fourth-order valence-electron chi connectivity index (χ4n) is 1.59. The van der Waals surface area contributed by atoms with Gasteiger partial charge in [0.05, 0.1) is 0 Å². The third-order valence-corrected chi connectivity index (χ3v) is 2.74. The summed E-state index contributed by atoms with van der Waals surface area (Å²) in [7, 11) is 0. The smallest absolute Gasteiger partial charge is 0.118 e. The van der Waals surface area contributed by atoms with Crippen molar-refractivity contribution < 1.29 is 5.11 Å². The lowest BCUT2D eigenvalue weighted by Gasteiger charge is -2.28. The Balaban J connectivity index is 0. The summed E-state index contributed by atoms with van der Waals surface area (Å²) in [5.74, 6) is 0.400. The largest absolute Gasteiger partial charge is 0.508 e. The first-order valence-electron chi connectivity index (χ1n) is 6.64. The fraction of sp³-hybridized carbons (Fsp3) is 0.750. The van der Waals surface area contributed by atoms with Crippen LogP contribution in [0.3, 0.4) is 0 Å². The molecule has 1 nitrogen and oxygen atoms in total. The van der Waals surface area contributed by atoms with Gasteiger partial charge in [-0.3, -0.25) is 0 Å². The molecule has 1 N–H and O–H groups in total. The zero-order valence-corrected chi connectivity index (χ0v) is 13.4. The average molecular weight is 240 g/mol. The number of aliphatic hydroxyl groups is 1. The Morgan fingerprint density at radius 1 is 0.941 bits per heavy atom. The lowest BCUT2D eigenvalue weighted by molar-refractivity contribution is 0.347. The van der Waals surface area contributed by atoms with Crippen molar-refractivity contribution in [3.05, 3.63) is 23.5 Å². The van der Waals surface area contributed by atoms with E-state index in [0.717, 1.165) is 17.6 Å². The van der Waals surface area contributed by atoms with Crippen molar-refractivity contribution >= 4 is 0 Å². The van der Waals surface area contributed by atoms with E-state index in [4.69, 9.17) is 0 Å². The number of allylic oxidation sites excluding steroid dienone is 2. The molecular weight excluding hydrogens is 208 g/mol. The van der Waals surface area contributed by atoms with Gasteiger partial charge in [0.25, 0.3) is 0 Å². The van der Waals surface area contributed by atoms with Crippen LogP contribution in [-0.4, -0.2) is 5.11 Å². The van der Waals surface area contributed by atoms with E-state index >= 15 is 0 Å². The first-order chi connectivity index (χ1) is 7.51. The Labute approximate surface area is 109 Å². The van der Waals surface area contributed by atoms with Crippen molar-refractivity contribution in [3.8, 4) is 0 Å². The second-order valence-corrected chi connectivity index (χ2v) is 6.16. The standard InChI is InChI=1S/C14H26O.C2H6/c1-9-11(14(6,7)8)12(15)10(2)13(3,4)5;1-2/h15H,2,9H2,1,3-8H3;1-2H3/b12-11-;. The molecule has 0 radical (unpaired) electrons. The second kappa shape index (κ2) is 6.88. The summed E-state index contributed by atoms with van der Waals surface area (Å²) >= 11 is 0. The number of aliphatic hydroxyl groups excluding tert-OH is 1. The van der Waals surface area contributed by atoms with Crippen LogP contribution in [0.1, 0.15) is 68.7 Å². The van der Waals surface area contributed by atoms with Gasteiger partial charge in [0, 0.05) is 0 Å². The van der Waals surface area contributed by atoms with Crippen molar-refractivity contribution in [1.29, 1.82) is 0 Å². The summed E-state index contributed by atoms with van der Waals surface area (Å²) in [6, 6.07) is 0. The first kappa shape index (κ1) is 18.6. The Morgan fingerprint density at radius 3 is 1.47 bits per heavy atom. The van der Waals surface area contributed by atoms with Gasteiger partial charge in [0.2, 0.25) is 0 Å². The van der Waals surface area contributed by atoms with E-state index in [1.165, 1.54) is 0 Å². The second-order valence-electron chi connectivity index (χ2n) is 6.16. The molecule has 0 aliphatic heterocycles. The van der Waals surface area contributed by atoms with Crippen molar-refractivity contribution in [2.75, 3.05) is 0 Å². The summed E-state index contributed by atoms with van der Waals surface area (Å²) in [6.45, 7) is 22.7. The normalized spacial score (nSPS) is 13.5. The molecule has 0 unspecified atom stereocenters. The van der Waals surface area contributed by atoms with Crippen LogP contribution in [0.4, 0.5) is 0 Å². The van der Waals surface area contributed by atoms with E-state index in [9.17, 15) is 5.11 Å². The SMILES string of the molecule is C=C(/C(O)=C(\CC)C(C)(C)C)C(C)(C)C.CC. The zero-order chi connectivity index (χ0) is 14.4. The van der Waals surface area contributed by atoms with Crippen molar-refractivity contribution in [2.45, 2.75) is 68.7 Å². The molecule has 0 amide bonds. The summed E-state index contributed by atoms with van der Waals surface area (Å²) in [5.41, 5.74) is 1.85. The molecule has 0 rings (SSSR count). The average Bonchev–Trinajstić information content (AvgIpc) is 2.17. The molecule has 0 bridgehead atoms. The highest BCUT2D eigenvalue weighted by Gasteiger charge is 2.25. The third-order valence-electron chi connectivity index (χ3n) is 2.74. The Bertz CT molecular complexity index is 269. The van der Waals surface area contributed by atoms with Gasteiger partial charge in [-0.25, -0.2) is 0 Å². The summed E-state index contributed by atoms with van der Waals surface area (Å²) in [5, 5.41) is 10.2. The van der Waals surface area contributed by atoms with E-state index in [0.29, 0.717) is 5.76 Å². The maximum absolute atomic E-state index is 10.2. The van der Waals surface area contributed by atoms with Crippen molar-refractivity contribution in [3.63, 3.8) is 0 Å². The van der Waals surface area contributed by atoms with Crippen molar-refractivity contribution in [2.24, 2.45) is 10.8 Å².